The molecule has 2 aromatic rings. The molecule has 0 aliphatic heterocycles. The molecule has 0 aliphatic rings. The molecule has 136 valence electrons. The Morgan fingerprint density at radius 3 is 2.52 bits per heavy atom. The summed E-state index contributed by atoms with van der Waals surface area (Å²) in [5, 5.41) is 15.2. The number of hydrogen-bond acceptors (Lipinski definition) is 3. The zero-order valence-corrected chi connectivity index (χ0v) is 15.2. The van der Waals surface area contributed by atoms with Gasteiger partial charge in [-0.05, 0) is 29.9 Å². The van der Waals surface area contributed by atoms with Crippen molar-refractivity contribution in [2.75, 3.05) is 6.54 Å². The molecule has 1 heterocycles. The predicted octanol–water partition coefficient (Wildman–Crippen LogP) is 2.53. The minimum absolute atomic E-state index is 0.138. The van der Waals surface area contributed by atoms with E-state index in [-0.39, 0.29) is 17.6 Å². The predicted molar refractivity (Wildman–Crippen MR) is 98.1 cm³/mol. The van der Waals surface area contributed by atoms with Gasteiger partial charge in [-0.25, -0.2) is 9.78 Å². The van der Waals surface area contributed by atoms with Gasteiger partial charge >= 0.3 is 6.03 Å². The third-order valence-corrected chi connectivity index (χ3v) is 3.98. The molecule has 25 heavy (non-hydrogen) atoms. The van der Waals surface area contributed by atoms with Crippen molar-refractivity contribution in [1.82, 2.24) is 20.2 Å². The zero-order valence-electron chi connectivity index (χ0n) is 15.2. The van der Waals surface area contributed by atoms with Gasteiger partial charge in [0.05, 0.1) is 12.4 Å². The van der Waals surface area contributed by atoms with E-state index >= 15 is 0 Å². The summed E-state index contributed by atoms with van der Waals surface area (Å²) in [5.41, 5.74) is 2.10. The summed E-state index contributed by atoms with van der Waals surface area (Å²) in [5.74, 6) is 0. The van der Waals surface area contributed by atoms with Gasteiger partial charge in [-0.1, -0.05) is 38.1 Å². The van der Waals surface area contributed by atoms with E-state index < -0.39 is 0 Å². The van der Waals surface area contributed by atoms with E-state index in [0.717, 1.165) is 12.1 Å². The summed E-state index contributed by atoms with van der Waals surface area (Å²) in [6.07, 6.45) is 5.75. The monoisotopic (exact) mass is 344 g/mol. The van der Waals surface area contributed by atoms with Crippen LogP contribution in [-0.4, -0.2) is 33.3 Å². The number of aromatic nitrogens is 2. The third kappa shape index (κ3) is 6.97. The van der Waals surface area contributed by atoms with Crippen molar-refractivity contribution in [3.05, 3.63) is 54.1 Å². The van der Waals surface area contributed by atoms with Crippen LogP contribution in [0.3, 0.4) is 0 Å². The van der Waals surface area contributed by atoms with E-state index in [2.05, 4.69) is 27.8 Å². The normalized spacial score (nSPS) is 12.6. The van der Waals surface area contributed by atoms with E-state index in [1.807, 2.05) is 36.7 Å². The van der Waals surface area contributed by atoms with Crippen LogP contribution in [0.1, 0.15) is 38.3 Å². The molecule has 0 bridgehead atoms. The maximum atomic E-state index is 11.9. The molecule has 2 amide bonds. The minimum Gasteiger partial charge on any atom is -0.393 e. The first-order valence-corrected chi connectivity index (χ1v) is 8.57. The Hall–Kier alpha value is -2.34. The molecule has 0 saturated carbocycles. The topological polar surface area (TPSA) is 79.2 Å². The van der Waals surface area contributed by atoms with Crippen molar-refractivity contribution in [1.29, 1.82) is 0 Å². The second-order valence-electron chi connectivity index (χ2n) is 7.31. The van der Waals surface area contributed by atoms with E-state index in [4.69, 9.17) is 0 Å². The number of amides is 2. The Morgan fingerprint density at radius 1 is 1.24 bits per heavy atom. The van der Waals surface area contributed by atoms with Gasteiger partial charge in [0.25, 0.3) is 0 Å². The Labute approximate surface area is 149 Å². The van der Waals surface area contributed by atoms with Crippen LogP contribution in [-0.2, 0) is 13.1 Å². The van der Waals surface area contributed by atoms with Crippen molar-refractivity contribution in [3.8, 4) is 0 Å². The molecule has 1 unspecified atom stereocenters. The standard InChI is InChI=1S/C19H28N4O2/c1-15(24)10-19(2,3)13-22-18(25)21-11-16-4-6-17(7-5-16)12-23-9-8-20-14-23/h4-9,14-15,24H,10-13H2,1-3H3,(H2,21,22,25). The lowest BCUT2D eigenvalue weighted by molar-refractivity contribution is 0.129. The number of benzene rings is 1. The molecule has 3 N–H and O–H groups in total. The van der Waals surface area contributed by atoms with Crippen LogP contribution in [0, 0.1) is 5.41 Å². The molecule has 0 aliphatic carbocycles. The van der Waals surface area contributed by atoms with Gasteiger partial charge in [0.1, 0.15) is 0 Å². The summed E-state index contributed by atoms with van der Waals surface area (Å²) in [7, 11) is 0. The zero-order chi connectivity index (χ0) is 18.3. The second-order valence-corrected chi connectivity index (χ2v) is 7.31. The lowest BCUT2D eigenvalue weighted by Gasteiger charge is -2.26. The summed E-state index contributed by atoms with van der Waals surface area (Å²) < 4.78 is 2.01. The van der Waals surface area contributed by atoms with E-state index in [1.54, 1.807) is 19.4 Å². The molecule has 0 radical (unpaired) electrons. The highest BCUT2D eigenvalue weighted by atomic mass is 16.3. The fourth-order valence-electron chi connectivity index (χ4n) is 2.79. The number of urea groups is 1. The van der Waals surface area contributed by atoms with Gasteiger partial charge in [0, 0.05) is 32.0 Å². The number of aliphatic hydroxyl groups is 1. The molecule has 1 aromatic carbocycles. The Morgan fingerprint density at radius 2 is 1.92 bits per heavy atom. The summed E-state index contributed by atoms with van der Waals surface area (Å²) >= 11 is 0. The van der Waals surface area contributed by atoms with Crippen LogP contribution in [0.25, 0.3) is 0 Å². The highest BCUT2D eigenvalue weighted by Crippen LogP contribution is 2.20. The molecule has 2 rings (SSSR count). The first kappa shape index (κ1) is 19.0. The Kier molecular flexibility index (Phi) is 6.58. The van der Waals surface area contributed by atoms with Crippen molar-refractivity contribution in [3.63, 3.8) is 0 Å². The maximum absolute atomic E-state index is 11.9. The Bertz CT molecular complexity index is 649. The average molecular weight is 344 g/mol. The molecule has 6 heteroatoms. The molecule has 0 fully saturated rings. The molecule has 0 spiro atoms. The number of carbonyl (C=O) groups is 1. The van der Waals surface area contributed by atoms with Gasteiger partial charge in [0.2, 0.25) is 0 Å². The van der Waals surface area contributed by atoms with Crippen LogP contribution >= 0.6 is 0 Å². The van der Waals surface area contributed by atoms with Crippen LogP contribution < -0.4 is 10.6 Å². The quantitative estimate of drug-likeness (QED) is 0.688. The largest absolute Gasteiger partial charge is 0.393 e. The first-order chi connectivity index (χ1) is 11.8. The highest BCUT2D eigenvalue weighted by Gasteiger charge is 2.20. The van der Waals surface area contributed by atoms with Crippen molar-refractivity contribution in [2.45, 2.75) is 46.4 Å². The van der Waals surface area contributed by atoms with E-state index in [0.29, 0.717) is 19.5 Å². The molecular weight excluding hydrogens is 316 g/mol. The van der Waals surface area contributed by atoms with Crippen molar-refractivity contribution >= 4 is 6.03 Å². The van der Waals surface area contributed by atoms with Gasteiger partial charge in [0.15, 0.2) is 0 Å². The van der Waals surface area contributed by atoms with Crippen LogP contribution in [0.15, 0.2) is 43.0 Å². The highest BCUT2D eigenvalue weighted by molar-refractivity contribution is 5.73. The van der Waals surface area contributed by atoms with Gasteiger partial charge < -0.3 is 20.3 Å². The maximum Gasteiger partial charge on any atom is 0.315 e. The number of hydrogen-bond donors (Lipinski definition) is 3. The number of aliphatic hydroxyl groups excluding tert-OH is 1. The third-order valence-electron chi connectivity index (χ3n) is 3.98. The lowest BCUT2D eigenvalue weighted by Crippen LogP contribution is -2.41. The number of carbonyl (C=O) groups excluding carboxylic acids is 1. The summed E-state index contributed by atoms with van der Waals surface area (Å²) in [6, 6.07) is 7.95. The van der Waals surface area contributed by atoms with E-state index in [1.165, 1.54) is 5.56 Å². The fraction of sp³-hybridized carbons (Fsp3) is 0.474. The average Bonchev–Trinajstić information content (AvgIpc) is 3.04. The number of nitrogens with zero attached hydrogens (tertiary/aromatic N) is 2. The summed E-state index contributed by atoms with van der Waals surface area (Å²) in [6.45, 7) is 7.60. The van der Waals surface area contributed by atoms with Crippen LogP contribution in [0.2, 0.25) is 0 Å². The molecule has 1 atom stereocenters. The number of nitrogens with one attached hydrogen (secondary N) is 2. The number of imidazole rings is 1. The van der Waals surface area contributed by atoms with Gasteiger partial charge in [-0.2, -0.15) is 0 Å². The Balaban J connectivity index is 1.74. The lowest BCUT2D eigenvalue weighted by atomic mass is 9.87. The van der Waals surface area contributed by atoms with Crippen LogP contribution in [0.4, 0.5) is 4.79 Å². The van der Waals surface area contributed by atoms with Crippen molar-refractivity contribution < 1.29 is 9.90 Å². The number of rotatable bonds is 8. The van der Waals surface area contributed by atoms with Gasteiger partial charge in [-0.15, -0.1) is 0 Å². The fourth-order valence-corrected chi connectivity index (χ4v) is 2.79. The second kappa shape index (κ2) is 8.67. The minimum atomic E-state index is -0.374. The van der Waals surface area contributed by atoms with E-state index in [9.17, 15) is 9.90 Å². The molecular formula is C19H28N4O2. The molecule has 1 aromatic heterocycles. The van der Waals surface area contributed by atoms with Crippen molar-refractivity contribution in [2.24, 2.45) is 5.41 Å². The molecule has 6 nitrogen and oxygen atoms in total. The first-order valence-electron chi connectivity index (χ1n) is 8.57. The SMILES string of the molecule is CC(O)CC(C)(C)CNC(=O)NCc1ccc(Cn2ccnc2)cc1. The van der Waals surface area contributed by atoms with Crippen LogP contribution in [0.5, 0.6) is 0 Å². The summed E-state index contributed by atoms with van der Waals surface area (Å²) in [4.78, 5) is 16.0. The molecule has 0 saturated heterocycles. The van der Waals surface area contributed by atoms with Gasteiger partial charge in [-0.3, -0.25) is 0 Å². The smallest absolute Gasteiger partial charge is 0.315 e.